The van der Waals surface area contributed by atoms with E-state index in [1.807, 2.05) is 24.3 Å². The maximum absolute atomic E-state index is 11.0. The smallest absolute Gasteiger partial charge is 0.407 e. The first-order chi connectivity index (χ1) is 8.77. The van der Waals surface area contributed by atoms with Crippen LogP contribution in [-0.2, 0) is 10.5 Å². The Morgan fingerprint density at radius 1 is 1.50 bits per heavy atom. The maximum atomic E-state index is 11.0. The van der Waals surface area contributed by atoms with Gasteiger partial charge in [-0.15, -0.1) is 0 Å². The van der Waals surface area contributed by atoms with Crippen LogP contribution in [0.3, 0.4) is 0 Å². The second-order valence-electron chi connectivity index (χ2n) is 3.47. The molecule has 0 heterocycles. The first-order valence-corrected chi connectivity index (χ1v) is 6.89. The van der Waals surface area contributed by atoms with Crippen molar-refractivity contribution in [1.82, 2.24) is 5.32 Å². The maximum Gasteiger partial charge on any atom is 0.407 e. The Kier molecular flexibility index (Phi) is 6.74. The summed E-state index contributed by atoms with van der Waals surface area (Å²) in [4.78, 5) is 11.0. The van der Waals surface area contributed by atoms with Gasteiger partial charge in [-0.2, -0.15) is 17.0 Å². The minimum absolute atomic E-state index is 0.379. The second-order valence-corrected chi connectivity index (χ2v) is 4.57. The van der Waals surface area contributed by atoms with Crippen LogP contribution >= 0.6 is 11.8 Å². The molecule has 5 heteroatoms. The van der Waals surface area contributed by atoms with E-state index in [4.69, 9.17) is 10.00 Å². The van der Waals surface area contributed by atoms with E-state index in [0.717, 1.165) is 17.1 Å². The molecule has 0 bridgehead atoms. The summed E-state index contributed by atoms with van der Waals surface area (Å²) < 4.78 is 4.74. The molecule has 96 valence electrons. The van der Waals surface area contributed by atoms with Gasteiger partial charge in [0, 0.05) is 18.1 Å². The Balaban J connectivity index is 2.22. The Morgan fingerprint density at radius 2 is 2.28 bits per heavy atom. The van der Waals surface area contributed by atoms with Crippen LogP contribution in [0.25, 0.3) is 0 Å². The molecule has 0 aromatic heterocycles. The van der Waals surface area contributed by atoms with E-state index in [0.29, 0.717) is 18.7 Å². The predicted octanol–water partition coefficient (Wildman–Crippen LogP) is 2.54. The molecule has 1 N–H and O–H groups in total. The van der Waals surface area contributed by atoms with Crippen LogP contribution in [0.4, 0.5) is 4.79 Å². The number of amides is 1. The molecule has 0 aliphatic heterocycles. The summed E-state index contributed by atoms with van der Waals surface area (Å²) in [6.07, 6.45) is -0.379. The molecule has 0 unspecified atom stereocenters. The number of benzene rings is 1. The van der Waals surface area contributed by atoms with Crippen molar-refractivity contribution in [2.75, 3.05) is 18.9 Å². The minimum Gasteiger partial charge on any atom is -0.450 e. The average Bonchev–Trinajstić information content (AvgIpc) is 2.39. The third kappa shape index (κ3) is 5.11. The molecule has 0 saturated carbocycles. The number of nitriles is 1. The molecule has 0 saturated heterocycles. The Bertz CT molecular complexity index is 429. The Hall–Kier alpha value is -1.67. The van der Waals surface area contributed by atoms with E-state index < -0.39 is 0 Å². The number of nitrogens with zero attached hydrogens (tertiary/aromatic N) is 1. The lowest BCUT2D eigenvalue weighted by Gasteiger charge is -2.06. The van der Waals surface area contributed by atoms with E-state index in [2.05, 4.69) is 11.4 Å². The fourth-order valence-electron chi connectivity index (χ4n) is 1.34. The summed E-state index contributed by atoms with van der Waals surface area (Å²) in [5.74, 6) is 1.56. The number of hydrogen-bond acceptors (Lipinski definition) is 4. The van der Waals surface area contributed by atoms with Gasteiger partial charge in [0.2, 0.25) is 0 Å². The van der Waals surface area contributed by atoms with Crippen molar-refractivity contribution in [3.63, 3.8) is 0 Å². The lowest BCUT2D eigenvalue weighted by atomic mass is 10.1. The SMILES string of the molecule is CCOC(=O)NCCSCc1ccccc1C#N. The zero-order chi connectivity index (χ0) is 13.2. The number of thioether (sulfide) groups is 1. The van der Waals surface area contributed by atoms with Gasteiger partial charge in [0.25, 0.3) is 0 Å². The van der Waals surface area contributed by atoms with Crippen LogP contribution in [0.1, 0.15) is 18.1 Å². The number of carbonyl (C=O) groups is 1. The summed E-state index contributed by atoms with van der Waals surface area (Å²) in [6, 6.07) is 9.71. The van der Waals surface area contributed by atoms with Gasteiger partial charge in [0.1, 0.15) is 0 Å². The molecule has 0 fully saturated rings. The van der Waals surface area contributed by atoms with Gasteiger partial charge in [0.15, 0.2) is 0 Å². The first-order valence-electron chi connectivity index (χ1n) is 5.74. The van der Waals surface area contributed by atoms with Gasteiger partial charge < -0.3 is 10.1 Å². The summed E-state index contributed by atoms with van der Waals surface area (Å²) in [7, 11) is 0. The van der Waals surface area contributed by atoms with Gasteiger partial charge in [0.05, 0.1) is 18.2 Å². The van der Waals surface area contributed by atoms with Crippen LogP contribution in [0.2, 0.25) is 0 Å². The molecular formula is C13H16N2O2S. The highest BCUT2D eigenvalue weighted by Crippen LogP contribution is 2.15. The third-order valence-corrected chi connectivity index (χ3v) is 3.19. The highest BCUT2D eigenvalue weighted by molar-refractivity contribution is 7.98. The fraction of sp³-hybridized carbons (Fsp3) is 0.385. The van der Waals surface area contributed by atoms with E-state index in [-0.39, 0.29) is 6.09 Å². The fourth-order valence-corrected chi connectivity index (χ4v) is 2.21. The second kappa shape index (κ2) is 8.43. The van der Waals surface area contributed by atoms with Gasteiger partial charge in [-0.25, -0.2) is 4.79 Å². The monoisotopic (exact) mass is 264 g/mol. The topological polar surface area (TPSA) is 62.1 Å². The van der Waals surface area contributed by atoms with Gasteiger partial charge >= 0.3 is 6.09 Å². The van der Waals surface area contributed by atoms with Gasteiger partial charge in [-0.3, -0.25) is 0 Å². The number of rotatable bonds is 6. The molecule has 0 radical (unpaired) electrons. The van der Waals surface area contributed by atoms with Crippen LogP contribution in [0.15, 0.2) is 24.3 Å². The van der Waals surface area contributed by atoms with E-state index in [9.17, 15) is 4.79 Å². The predicted molar refractivity (Wildman–Crippen MR) is 72.3 cm³/mol. The highest BCUT2D eigenvalue weighted by atomic mass is 32.2. The Morgan fingerprint density at radius 3 is 3.00 bits per heavy atom. The van der Waals surface area contributed by atoms with E-state index in [1.54, 1.807) is 18.7 Å². The molecule has 4 nitrogen and oxygen atoms in total. The Labute approximate surface area is 111 Å². The summed E-state index contributed by atoms with van der Waals surface area (Å²) in [5.41, 5.74) is 1.74. The van der Waals surface area contributed by atoms with Gasteiger partial charge in [-0.05, 0) is 18.6 Å². The number of carbonyl (C=O) groups excluding carboxylic acids is 1. The molecule has 1 amide bonds. The molecule has 1 aromatic carbocycles. The van der Waals surface area contributed by atoms with Gasteiger partial charge in [-0.1, -0.05) is 18.2 Å². The van der Waals surface area contributed by atoms with E-state index in [1.165, 1.54) is 0 Å². The normalized spacial score (nSPS) is 9.56. The number of nitrogens with one attached hydrogen (secondary N) is 1. The van der Waals surface area contributed by atoms with Crippen molar-refractivity contribution >= 4 is 17.9 Å². The first kappa shape index (κ1) is 14.4. The molecule has 1 aromatic rings. The zero-order valence-corrected chi connectivity index (χ0v) is 11.1. The van der Waals surface area contributed by atoms with Crippen molar-refractivity contribution in [3.05, 3.63) is 35.4 Å². The summed E-state index contributed by atoms with van der Waals surface area (Å²) in [5, 5.41) is 11.6. The summed E-state index contributed by atoms with van der Waals surface area (Å²) in [6.45, 7) is 2.72. The van der Waals surface area contributed by atoms with Crippen LogP contribution < -0.4 is 5.32 Å². The van der Waals surface area contributed by atoms with E-state index >= 15 is 0 Å². The quantitative estimate of drug-likeness (QED) is 0.802. The standard InChI is InChI=1S/C13H16N2O2S/c1-2-17-13(16)15-7-8-18-10-12-6-4-3-5-11(12)9-14/h3-6H,2,7-8,10H2,1H3,(H,15,16). The van der Waals surface area contributed by atoms with Crippen molar-refractivity contribution in [3.8, 4) is 6.07 Å². The molecule has 0 aliphatic carbocycles. The van der Waals surface area contributed by atoms with Crippen molar-refractivity contribution in [2.24, 2.45) is 0 Å². The lowest BCUT2D eigenvalue weighted by molar-refractivity contribution is 0.153. The van der Waals surface area contributed by atoms with Crippen molar-refractivity contribution < 1.29 is 9.53 Å². The van der Waals surface area contributed by atoms with Crippen LogP contribution in [0, 0.1) is 11.3 Å². The van der Waals surface area contributed by atoms with Crippen LogP contribution in [-0.4, -0.2) is 25.0 Å². The molecule has 1 rings (SSSR count). The van der Waals surface area contributed by atoms with Crippen LogP contribution in [0.5, 0.6) is 0 Å². The molecule has 0 spiro atoms. The molecular weight excluding hydrogens is 248 g/mol. The average molecular weight is 264 g/mol. The number of hydrogen-bond donors (Lipinski definition) is 1. The van der Waals surface area contributed by atoms with Crippen molar-refractivity contribution in [2.45, 2.75) is 12.7 Å². The number of alkyl carbamates (subject to hydrolysis) is 1. The van der Waals surface area contributed by atoms with Crippen molar-refractivity contribution in [1.29, 1.82) is 5.26 Å². The zero-order valence-electron chi connectivity index (χ0n) is 10.3. The lowest BCUT2D eigenvalue weighted by Crippen LogP contribution is -2.26. The molecule has 18 heavy (non-hydrogen) atoms. The molecule has 0 aliphatic rings. The molecule has 0 atom stereocenters. The minimum atomic E-state index is -0.379. The summed E-state index contributed by atoms with van der Waals surface area (Å²) >= 11 is 1.67. The third-order valence-electron chi connectivity index (χ3n) is 2.19. The number of ether oxygens (including phenoxy) is 1. The largest absolute Gasteiger partial charge is 0.450 e. The highest BCUT2D eigenvalue weighted by Gasteiger charge is 2.01.